The Labute approximate surface area is 159 Å². The largest absolute Gasteiger partial charge is 0.493 e. The van der Waals surface area contributed by atoms with Gasteiger partial charge in [0.1, 0.15) is 0 Å². The molecule has 0 atom stereocenters. The van der Waals surface area contributed by atoms with Gasteiger partial charge in [-0.3, -0.25) is 9.78 Å². The lowest BCUT2D eigenvalue weighted by molar-refractivity contribution is 0.0952. The third kappa shape index (κ3) is 4.19. The van der Waals surface area contributed by atoms with Crippen LogP contribution in [0.25, 0.3) is 10.9 Å². The molecule has 140 valence electrons. The molecule has 0 radical (unpaired) electrons. The number of aryl methyl sites for hydroxylation is 2. The molecule has 0 aliphatic carbocycles. The van der Waals surface area contributed by atoms with Gasteiger partial charge in [0.2, 0.25) is 0 Å². The highest BCUT2D eigenvalue weighted by atomic mass is 16.5. The normalized spacial score (nSPS) is 10.7. The number of nitrogens with one attached hydrogen (secondary N) is 1. The van der Waals surface area contributed by atoms with Gasteiger partial charge >= 0.3 is 0 Å². The Morgan fingerprint density at radius 3 is 2.63 bits per heavy atom. The monoisotopic (exact) mass is 364 g/mol. The van der Waals surface area contributed by atoms with Crippen LogP contribution in [0.15, 0.2) is 42.5 Å². The van der Waals surface area contributed by atoms with Gasteiger partial charge < -0.3 is 14.8 Å². The molecule has 1 heterocycles. The lowest BCUT2D eigenvalue weighted by atomic mass is 10.0. The maximum atomic E-state index is 12.8. The van der Waals surface area contributed by atoms with Crippen LogP contribution in [0.4, 0.5) is 0 Å². The molecule has 0 fully saturated rings. The van der Waals surface area contributed by atoms with Crippen LogP contribution in [-0.4, -0.2) is 24.6 Å². The van der Waals surface area contributed by atoms with Gasteiger partial charge in [0.25, 0.3) is 5.91 Å². The van der Waals surface area contributed by atoms with Crippen molar-refractivity contribution in [2.24, 2.45) is 0 Å². The van der Waals surface area contributed by atoms with Crippen molar-refractivity contribution in [2.45, 2.75) is 27.3 Å². The van der Waals surface area contributed by atoms with Gasteiger partial charge in [-0.25, -0.2) is 0 Å². The topological polar surface area (TPSA) is 60.5 Å². The summed E-state index contributed by atoms with van der Waals surface area (Å²) in [5.41, 5.74) is 4.32. The highest BCUT2D eigenvalue weighted by Crippen LogP contribution is 2.28. The second-order valence-electron chi connectivity index (χ2n) is 6.43. The van der Waals surface area contributed by atoms with Crippen molar-refractivity contribution in [3.05, 3.63) is 64.8 Å². The molecule has 27 heavy (non-hydrogen) atoms. The molecule has 0 spiro atoms. The van der Waals surface area contributed by atoms with Crippen LogP contribution in [0.1, 0.15) is 34.1 Å². The zero-order valence-corrected chi connectivity index (χ0v) is 16.1. The Balaban J connectivity index is 1.83. The number of pyridine rings is 1. The van der Waals surface area contributed by atoms with E-state index in [9.17, 15) is 4.79 Å². The number of benzene rings is 2. The molecule has 2 aromatic carbocycles. The van der Waals surface area contributed by atoms with E-state index in [1.807, 2.05) is 63.2 Å². The summed E-state index contributed by atoms with van der Waals surface area (Å²) in [7, 11) is 1.61. The lowest BCUT2D eigenvalue weighted by Crippen LogP contribution is -2.23. The summed E-state index contributed by atoms with van der Waals surface area (Å²) < 4.78 is 10.9. The molecule has 3 aromatic rings. The zero-order chi connectivity index (χ0) is 19.4. The van der Waals surface area contributed by atoms with Gasteiger partial charge in [-0.15, -0.1) is 0 Å². The number of hydrogen-bond donors (Lipinski definition) is 1. The number of aromatic nitrogens is 1. The summed E-state index contributed by atoms with van der Waals surface area (Å²) in [5.74, 6) is 1.23. The van der Waals surface area contributed by atoms with E-state index in [4.69, 9.17) is 9.47 Å². The van der Waals surface area contributed by atoms with Crippen molar-refractivity contribution in [1.82, 2.24) is 10.3 Å². The fourth-order valence-electron chi connectivity index (χ4n) is 3.04. The van der Waals surface area contributed by atoms with Crippen molar-refractivity contribution < 1.29 is 14.3 Å². The number of hydrogen-bond acceptors (Lipinski definition) is 4. The summed E-state index contributed by atoms with van der Waals surface area (Å²) >= 11 is 0. The van der Waals surface area contributed by atoms with Crippen LogP contribution in [0, 0.1) is 13.8 Å². The number of carbonyl (C=O) groups is 1. The Bertz CT molecular complexity index is 983. The minimum absolute atomic E-state index is 0.120. The summed E-state index contributed by atoms with van der Waals surface area (Å²) in [6.07, 6.45) is 0. The standard InChI is InChI=1S/C22H24N2O3/c1-5-27-21-12-16(7-9-20(21)26-4)13-23-22(25)18-11-15(3)24-19-8-6-14(2)10-17(18)19/h6-12H,5,13H2,1-4H3,(H,23,25). The van der Waals surface area contributed by atoms with Crippen LogP contribution >= 0.6 is 0 Å². The Kier molecular flexibility index (Phi) is 5.60. The quantitative estimate of drug-likeness (QED) is 0.712. The highest BCUT2D eigenvalue weighted by molar-refractivity contribution is 6.06. The summed E-state index contributed by atoms with van der Waals surface area (Å²) in [5, 5.41) is 3.86. The highest BCUT2D eigenvalue weighted by Gasteiger charge is 2.13. The molecule has 0 aliphatic rings. The predicted molar refractivity (Wildman–Crippen MR) is 107 cm³/mol. The van der Waals surface area contributed by atoms with Gasteiger partial charge in [0.05, 0.1) is 24.8 Å². The number of amides is 1. The molecular weight excluding hydrogens is 340 g/mol. The van der Waals surface area contributed by atoms with Crippen LogP contribution < -0.4 is 14.8 Å². The molecule has 1 aromatic heterocycles. The number of ether oxygens (including phenoxy) is 2. The SMILES string of the molecule is CCOc1cc(CNC(=O)c2cc(C)nc3ccc(C)cc23)ccc1OC. The van der Waals surface area contributed by atoms with Crippen molar-refractivity contribution >= 4 is 16.8 Å². The number of fused-ring (bicyclic) bond motifs is 1. The Hall–Kier alpha value is -3.08. The van der Waals surface area contributed by atoms with E-state index in [-0.39, 0.29) is 5.91 Å². The van der Waals surface area contributed by atoms with Gasteiger partial charge in [-0.05, 0) is 56.7 Å². The third-order valence-electron chi connectivity index (χ3n) is 4.32. The Morgan fingerprint density at radius 2 is 1.89 bits per heavy atom. The van der Waals surface area contributed by atoms with Gasteiger partial charge in [0, 0.05) is 17.6 Å². The summed E-state index contributed by atoms with van der Waals surface area (Å²) in [4.78, 5) is 17.4. The van der Waals surface area contributed by atoms with E-state index in [0.29, 0.717) is 30.2 Å². The smallest absolute Gasteiger partial charge is 0.252 e. The second kappa shape index (κ2) is 8.08. The van der Waals surface area contributed by atoms with Gasteiger partial charge in [0.15, 0.2) is 11.5 Å². The van der Waals surface area contributed by atoms with Crippen LogP contribution in [0.3, 0.4) is 0 Å². The van der Waals surface area contributed by atoms with Crippen LogP contribution in [-0.2, 0) is 6.54 Å². The molecule has 1 amide bonds. The first-order valence-electron chi connectivity index (χ1n) is 8.97. The molecule has 0 saturated heterocycles. The van der Waals surface area contributed by atoms with Crippen molar-refractivity contribution in [1.29, 1.82) is 0 Å². The molecule has 1 N–H and O–H groups in total. The molecule has 0 unspecified atom stereocenters. The number of rotatable bonds is 6. The van der Waals surface area contributed by atoms with E-state index in [1.165, 1.54) is 0 Å². The first-order chi connectivity index (χ1) is 13.0. The van der Waals surface area contributed by atoms with Crippen LogP contribution in [0.2, 0.25) is 0 Å². The molecule has 3 rings (SSSR count). The minimum atomic E-state index is -0.120. The van der Waals surface area contributed by atoms with E-state index in [0.717, 1.165) is 27.7 Å². The molecule has 0 bridgehead atoms. The molecule has 0 saturated carbocycles. The average Bonchev–Trinajstić information content (AvgIpc) is 2.66. The van der Waals surface area contributed by atoms with Gasteiger partial charge in [-0.2, -0.15) is 0 Å². The molecule has 5 heteroatoms. The number of carbonyl (C=O) groups excluding carboxylic acids is 1. The number of methoxy groups -OCH3 is 1. The van der Waals surface area contributed by atoms with Crippen molar-refractivity contribution in [3.8, 4) is 11.5 Å². The summed E-state index contributed by atoms with van der Waals surface area (Å²) in [6, 6.07) is 13.4. The maximum absolute atomic E-state index is 12.8. The summed E-state index contributed by atoms with van der Waals surface area (Å²) in [6.45, 7) is 6.78. The Morgan fingerprint density at radius 1 is 1.07 bits per heavy atom. The van der Waals surface area contributed by atoms with E-state index < -0.39 is 0 Å². The lowest BCUT2D eigenvalue weighted by Gasteiger charge is -2.12. The number of nitrogens with zero attached hydrogens (tertiary/aromatic N) is 1. The van der Waals surface area contributed by atoms with Crippen molar-refractivity contribution in [3.63, 3.8) is 0 Å². The van der Waals surface area contributed by atoms with Gasteiger partial charge in [-0.1, -0.05) is 17.7 Å². The van der Waals surface area contributed by atoms with E-state index >= 15 is 0 Å². The van der Waals surface area contributed by atoms with Crippen LogP contribution in [0.5, 0.6) is 11.5 Å². The second-order valence-corrected chi connectivity index (χ2v) is 6.43. The zero-order valence-electron chi connectivity index (χ0n) is 16.1. The minimum Gasteiger partial charge on any atom is -0.493 e. The molecule has 5 nitrogen and oxygen atoms in total. The molecular formula is C22H24N2O3. The predicted octanol–water partition coefficient (Wildman–Crippen LogP) is 4.19. The van der Waals surface area contributed by atoms with Crippen molar-refractivity contribution in [2.75, 3.05) is 13.7 Å². The fourth-order valence-corrected chi connectivity index (χ4v) is 3.04. The molecule has 0 aliphatic heterocycles. The van der Waals surface area contributed by atoms with E-state index in [2.05, 4.69) is 10.3 Å². The van der Waals surface area contributed by atoms with E-state index in [1.54, 1.807) is 7.11 Å². The first-order valence-corrected chi connectivity index (χ1v) is 8.97. The average molecular weight is 364 g/mol. The fraction of sp³-hybridized carbons (Fsp3) is 0.273. The third-order valence-corrected chi connectivity index (χ3v) is 4.32. The first kappa shape index (κ1) is 18.7. The maximum Gasteiger partial charge on any atom is 0.252 e.